The molecule has 22 heavy (non-hydrogen) atoms. The molecule has 1 aromatic carbocycles. The van der Waals surface area contributed by atoms with Crippen molar-refractivity contribution in [3.05, 3.63) is 54.1 Å². The largest absolute Gasteiger partial charge is 0.322 e. The summed E-state index contributed by atoms with van der Waals surface area (Å²) in [6.07, 6.45) is 3.71. The topological polar surface area (TPSA) is 32.7 Å². The highest BCUT2D eigenvalue weighted by Gasteiger charge is 2.38. The van der Waals surface area contributed by atoms with Gasteiger partial charge in [0.05, 0.1) is 17.3 Å². The lowest BCUT2D eigenvalue weighted by Gasteiger charge is -2.41. The number of allylic oxidation sites excluding steroid dienone is 2. The third kappa shape index (κ3) is 2.89. The molecule has 1 unspecified atom stereocenters. The monoisotopic (exact) mass is 296 g/mol. The highest BCUT2D eigenvalue weighted by atomic mass is 16.2. The van der Waals surface area contributed by atoms with Crippen LogP contribution in [0.15, 0.2) is 53.6 Å². The third-order valence-corrected chi connectivity index (χ3v) is 3.84. The molecule has 1 atom stereocenters. The van der Waals surface area contributed by atoms with Crippen LogP contribution in [0.25, 0.3) is 0 Å². The Labute approximate surface area is 133 Å². The molecule has 3 nitrogen and oxygen atoms in total. The van der Waals surface area contributed by atoms with Crippen LogP contribution in [0.5, 0.6) is 0 Å². The summed E-state index contributed by atoms with van der Waals surface area (Å²) >= 11 is 0. The second-order valence-corrected chi connectivity index (χ2v) is 6.67. The maximum Gasteiger partial charge on any atom is 0.257 e. The zero-order valence-corrected chi connectivity index (χ0v) is 14.1. The summed E-state index contributed by atoms with van der Waals surface area (Å²) in [4.78, 5) is 19.8. The Bertz CT molecular complexity index is 662. The van der Waals surface area contributed by atoms with Crippen molar-refractivity contribution in [3.8, 4) is 0 Å². The molecule has 1 aliphatic rings. The lowest BCUT2D eigenvalue weighted by atomic mass is 9.94. The van der Waals surface area contributed by atoms with Crippen LogP contribution in [0, 0.1) is 0 Å². The van der Waals surface area contributed by atoms with E-state index in [0.717, 1.165) is 17.0 Å². The fraction of sp³-hybridized carbons (Fsp3) is 0.368. The van der Waals surface area contributed by atoms with Gasteiger partial charge in [0.1, 0.15) is 0 Å². The summed E-state index contributed by atoms with van der Waals surface area (Å²) in [5.74, 6) is 0.0190. The molecular formula is C19H24N2O. The number of benzene rings is 1. The normalized spacial score (nSPS) is 19.4. The predicted molar refractivity (Wildman–Crippen MR) is 92.9 cm³/mol. The Morgan fingerprint density at radius 1 is 1.32 bits per heavy atom. The molecule has 0 fully saturated rings. The van der Waals surface area contributed by atoms with Crippen molar-refractivity contribution in [2.75, 3.05) is 0 Å². The van der Waals surface area contributed by atoms with Crippen molar-refractivity contribution in [2.45, 2.75) is 46.2 Å². The molecule has 2 rings (SSSR count). The quantitative estimate of drug-likeness (QED) is 0.738. The van der Waals surface area contributed by atoms with Crippen LogP contribution in [-0.4, -0.2) is 28.1 Å². The van der Waals surface area contributed by atoms with E-state index in [9.17, 15) is 4.79 Å². The van der Waals surface area contributed by atoms with E-state index in [1.54, 1.807) is 6.08 Å². The molecule has 0 N–H and O–H groups in total. The zero-order valence-electron chi connectivity index (χ0n) is 14.1. The summed E-state index contributed by atoms with van der Waals surface area (Å²) < 4.78 is 0. The van der Waals surface area contributed by atoms with Crippen molar-refractivity contribution in [1.29, 1.82) is 0 Å². The first-order chi connectivity index (χ1) is 10.3. The highest BCUT2D eigenvalue weighted by molar-refractivity contribution is 6.07. The summed E-state index contributed by atoms with van der Waals surface area (Å²) in [5, 5.41) is 0. The van der Waals surface area contributed by atoms with Crippen LogP contribution >= 0.6 is 0 Å². The van der Waals surface area contributed by atoms with E-state index in [4.69, 9.17) is 4.99 Å². The minimum atomic E-state index is -0.313. The molecule has 0 saturated carbocycles. The molecule has 0 aliphatic carbocycles. The van der Waals surface area contributed by atoms with E-state index in [2.05, 4.69) is 27.4 Å². The molecule has 1 aromatic rings. The Balaban J connectivity index is 2.70. The Kier molecular flexibility index (Phi) is 4.36. The molecule has 0 saturated heterocycles. The number of nitrogens with zero attached hydrogens (tertiary/aromatic N) is 2. The van der Waals surface area contributed by atoms with Crippen LogP contribution in [0.1, 0.15) is 45.0 Å². The molecule has 0 spiro atoms. The fourth-order valence-corrected chi connectivity index (χ4v) is 2.94. The Morgan fingerprint density at radius 2 is 1.95 bits per heavy atom. The van der Waals surface area contributed by atoms with Crippen molar-refractivity contribution in [3.63, 3.8) is 0 Å². The SMILES string of the molecule is C=C/C=C(\C)C1C(C)=Nc2ccccc2C(=O)N1C(C)(C)C. The lowest BCUT2D eigenvalue weighted by molar-refractivity contribution is 0.0562. The smallest absolute Gasteiger partial charge is 0.257 e. The van der Waals surface area contributed by atoms with Gasteiger partial charge >= 0.3 is 0 Å². The highest BCUT2D eigenvalue weighted by Crippen LogP contribution is 2.32. The molecule has 116 valence electrons. The van der Waals surface area contributed by atoms with Gasteiger partial charge in [-0.25, -0.2) is 0 Å². The lowest BCUT2D eigenvalue weighted by Crippen LogP contribution is -2.54. The molecular weight excluding hydrogens is 272 g/mol. The number of carbonyl (C=O) groups excluding carboxylic acids is 1. The van der Waals surface area contributed by atoms with Gasteiger partial charge in [-0.3, -0.25) is 9.79 Å². The van der Waals surface area contributed by atoms with Crippen LogP contribution in [-0.2, 0) is 0 Å². The van der Waals surface area contributed by atoms with Gasteiger partial charge in [0.15, 0.2) is 0 Å². The maximum absolute atomic E-state index is 13.1. The number of para-hydroxylation sites is 1. The number of amides is 1. The van der Waals surface area contributed by atoms with Gasteiger partial charge in [0.25, 0.3) is 5.91 Å². The van der Waals surface area contributed by atoms with Gasteiger partial charge in [-0.2, -0.15) is 0 Å². The number of carbonyl (C=O) groups is 1. The number of aliphatic imine (C=N–C) groups is 1. The number of hydrogen-bond acceptors (Lipinski definition) is 2. The van der Waals surface area contributed by atoms with E-state index >= 15 is 0 Å². The van der Waals surface area contributed by atoms with Gasteiger partial charge in [-0.1, -0.05) is 30.9 Å². The molecule has 0 bridgehead atoms. The Hall–Kier alpha value is -2.16. The first kappa shape index (κ1) is 16.2. The summed E-state index contributed by atoms with van der Waals surface area (Å²) in [5.41, 5.74) is 3.07. The van der Waals surface area contributed by atoms with E-state index in [1.165, 1.54) is 0 Å². The van der Waals surface area contributed by atoms with Crippen molar-refractivity contribution in [2.24, 2.45) is 4.99 Å². The number of fused-ring (bicyclic) bond motifs is 1. The second-order valence-electron chi connectivity index (χ2n) is 6.67. The molecule has 1 aliphatic heterocycles. The van der Waals surface area contributed by atoms with Gasteiger partial charge in [-0.05, 0) is 52.3 Å². The summed E-state index contributed by atoms with van der Waals surface area (Å²) in [7, 11) is 0. The van der Waals surface area contributed by atoms with Gasteiger partial charge in [-0.15, -0.1) is 0 Å². The average molecular weight is 296 g/mol. The fourth-order valence-electron chi connectivity index (χ4n) is 2.94. The van der Waals surface area contributed by atoms with Crippen LogP contribution < -0.4 is 0 Å². The molecule has 3 heteroatoms. The van der Waals surface area contributed by atoms with Crippen molar-refractivity contribution in [1.82, 2.24) is 4.90 Å². The maximum atomic E-state index is 13.1. The van der Waals surface area contributed by atoms with E-state index in [-0.39, 0.29) is 17.5 Å². The second kappa shape index (κ2) is 5.91. The molecule has 1 amide bonds. The van der Waals surface area contributed by atoms with Gasteiger partial charge in [0.2, 0.25) is 0 Å². The predicted octanol–water partition coefficient (Wildman–Crippen LogP) is 4.53. The zero-order chi connectivity index (χ0) is 16.5. The van der Waals surface area contributed by atoms with E-state index < -0.39 is 0 Å². The summed E-state index contributed by atoms with van der Waals surface area (Å²) in [6, 6.07) is 7.39. The Morgan fingerprint density at radius 3 is 2.55 bits per heavy atom. The first-order valence-electron chi connectivity index (χ1n) is 7.54. The van der Waals surface area contributed by atoms with Crippen molar-refractivity contribution < 1.29 is 4.79 Å². The van der Waals surface area contributed by atoms with E-state index in [0.29, 0.717) is 5.56 Å². The van der Waals surface area contributed by atoms with Crippen LogP contribution in [0.2, 0.25) is 0 Å². The van der Waals surface area contributed by atoms with Crippen LogP contribution in [0.3, 0.4) is 0 Å². The third-order valence-electron chi connectivity index (χ3n) is 3.84. The van der Waals surface area contributed by atoms with E-state index in [1.807, 2.05) is 49.1 Å². The standard InChI is InChI=1S/C19H24N2O/c1-7-10-13(2)17-14(3)20-16-12-9-8-11-15(16)18(22)21(17)19(4,5)6/h7-12,17H,1H2,2-6H3/b13-10+. The number of rotatable bonds is 2. The first-order valence-corrected chi connectivity index (χ1v) is 7.54. The molecule has 0 radical (unpaired) electrons. The summed E-state index contributed by atoms with van der Waals surface area (Å²) in [6.45, 7) is 13.9. The van der Waals surface area contributed by atoms with Crippen LogP contribution in [0.4, 0.5) is 5.69 Å². The van der Waals surface area contributed by atoms with Crippen molar-refractivity contribution >= 4 is 17.3 Å². The average Bonchev–Trinajstić information content (AvgIpc) is 2.53. The molecule has 1 heterocycles. The van der Waals surface area contributed by atoms with Gasteiger partial charge < -0.3 is 4.90 Å². The van der Waals surface area contributed by atoms with Gasteiger partial charge in [0, 0.05) is 11.3 Å². The minimum absolute atomic E-state index is 0.0190. The minimum Gasteiger partial charge on any atom is -0.322 e. The molecule has 0 aromatic heterocycles. The number of hydrogen-bond donors (Lipinski definition) is 0.